The summed E-state index contributed by atoms with van der Waals surface area (Å²) in [5.74, 6) is -1.40. The van der Waals surface area contributed by atoms with Gasteiger partial charge in [0, 0.05) is 13.0 Å². The molecule has 0 saturated carbocycles. The average molecular weight is 303 g/mol. The molecule has 5 atom stereocenters. The van der Waals surface area contributed by atoms with E-state index in [1.165, 1.54) is 4.90 Å². The molecule has 0 radical (unpaired) electrons. The summed E-state index contributed by atoms with van der Waals surface area (Å²) in [7, 11) is 0. The van der Waals surface area contributed by atoms with E-state index in [4.69, 9.17) is 9.84 Å². The number of amides is 1. The third-order valence-electron chi connectivity index (χ3n) is 4.22. The molecule has 2 saturated heterocycles. The molecule has 122 valence electrons. The first-order chi connectivity index (χ1) is 9.76. The third-order valence-corrected chi connectivity index (χ3v) is 4.22. The highest BCUT2D eigenvalue weighted by Crippen LogP contribution is 2.32. The second kappa shape index (κ2) is 6.18. The molecule has 7 heteroatoms. The Labute approximate surface area is 124 Å². The fourth-order valence-electron chi connectivity index (χ4n) is 3.25. The van der Waals surface area contributed by atoms with Crippen LogP contribution in [0.2, 0.25) is 0 Å². The van der Waals surface area contributed by atoms with Gasteiger partial charge in [0.2, 0.25) is 11.7 Å². The molecular formula is C14H25NO6. The molecule has 0 spiro atoms. The van der Waals surface area contributed by atoms with E-state index < -0.39 is 30.7 Å². The Hall–Kier alpha value is -0.730. The van der Waals surface area contributed by atoms with Gasteiger partial charge in [0.25, 0.3) is 0 Å². The molecule has 7 nitrogen and oxygen atoms in total. The predicted molar refractivity (Wildman–Crippen MR) is 73.1 cm³/mol. The van der Waals surface area contributed by atoms with Crippen molar-refractivity contribution in [2.24, 2.45) is 11.8 Å². The van der Waals surface area contributed by atoms with Gasteiger partial charge in [0.15, 0.2) is 0 Å². The molecule has 2 heterocycles. The van der Waals surface area contributed by atoms with Gasteiger partial charge < -0.3 is 30.1 Å². The Kier molecular flexibility index (Phi) is 4.89. The number of rotatable bonds is 5. The lowest BCUT2D eigenvalue weighted by Gasteiger charge is -2.31. The van der Waals surface area contributed by atoms with E-state index in [1.807, 2.05) is 0 Å². The van der Waals surface area contributed by atoms with Crippen LogP contribution in [0.4, 0.5) is 0 Å². The third kappa shape index (κ3) is 3.37. The lowest BCUT2D eigenvalue weighted by Crippen LogP contribution is -2.52. The summed E-state index contributed by atoms with van der Waals surface area (Å²) in [4.78, 5) is 13.5. The number of carbonyl (C=O) groups is 1. The number of hydrogen-bond acceptors (Lipinski definition) is 6. The highest BCUT2D eigenvalue weighted by Gasteiger charge is 2.54. The van der Waals surface area contributed by atoms with Crippen LogP contribution < -0.4 is 0 Å². The maximum Gasteiger partial charge on any atom is 0.223 e. The topological polar surface area (TPSA) is 110 Å². The van der Waals surface area contributed by atoms with E-state index in [0.717, 1.165) is 6.42 Å². The lowest BCUT2D eigenvalue weighted by atomic mass is 9.96. The Morgan fingerprint density at radius 2 is 2.10 bits per heavy atom. The molecule has 4 N–H and O–H groups in total. The Balaban J connectivity index is 1.99. The van der Waals surface area contributed by atoms with Crippen molar-refractivity contribution in [3.05, 3.63) is 0 Å². The molecule has 1 amide bonds. The van der Waals surface area contributed by atoms with Crippen molar-refractivity contribution in [2.75, 3.05) is 19.7 Å². The SMILES string of the molecule is CC(C)CC1CC(=O)N(CC2(O)OC(CO)C(O)C2O)C1. The van der Waals surface area contributed by atoms with Gasteiger partial charge in [-0.3, -0.25) is 4.79 Å². The van der Waals surface area contributed by atoms with E-state index in [-0.39, 0.29) is 18.4 Å². The first kappa shape index (κ1) is 16.6. The van der Waals surface area contributed by atoms with Crippen LogP contribution in [0.25, 0.3) is 0 Å². The van der Waals surface area contributed by atoms with Gasteiger partial charge in [-0.1, -0.05) is 13.8 Å². The van der Waals surface area contributed by atoms with Crippen molar-refractivity contribution in [3.8, 4) is 0 Å². The van der Waals surface area contributed by atoms with Gasteiger partial charge >= 0.3 is 0 Å². The summed E-state index contributed by atoms with van der Waals surface area (Å²) in [6, 6.07) is 0. The fraction of sp³-hybridized carbons (Fsp3) is 0.929. The van der Waals surface area contributed by atoms with Gasteiger partial charge in [-0.05, 0) is 18.3 Å². The Bertz CT molecular complexity index is 390. The van der Waals surface area contributed by atoms with Crippen LogP contribution in [-0.2, 0) is 9.53 Å². The van der Waals surface area contributed by atoms with Gasteiger partial charge in [-0.15, -0.1) is 0 Å². The van der Waals surface area contributed by atoms with Crippen molar-refractivity contribution >= 4 is 5.91 Å². The molecule has 21 heavy (non-hydrogen) atoms. The van der Waals surface area contributed by atoms with Gasteiger partial charge in [0.05, 0.1) is 13.2 Å². The number of carbonyl (C=O) groups excluding carboxylic acids is 1. The maximum atomic E-state index is 12.0. The molecule has 2 aliphatic rings. The van der Waals surface area contributed by atoms with Crippen LogP contribution in [0.1, 0.15) is 26.7 Å². The zero-order valence-corrected chi connectivity index (χ0v) is 12.5. The van der Waals surface area contributed by atoms with E-state index >= 15 is 0 Å². The number of aliphatic hydroxyl groups is 4. The number of β-amino-alcohol motifs (C(OH)–C–C–N with tert-alkyl or cyclic N) is 1. The summed E-state index contributed by atoms with van der Waals surface area (Å²) in [6.07, 6.45) is -2.62. The van der Waals surface area contributed by atoms with Gasteiger partial charge in [-0.2, -0.15) is 0 Å². The van der Waals surface area contributed by atoms with Crippen molar-refractivity contribution in [1.29, 1.82) is 0 Å². The Morgan fingerprint density at radius 3 is 2.62 bits per heavy atom. The summed E-state index contributed by atoms with van der Waals surface area (Å²) >= 11 is 0. The summed E-state index contributed by atoms with van der Waals surface area (Å²) in [5.41, 5.74) is 0. The van der Waals surface area contributed by atoms with Crippen LogP contribution in [0.15, 0.2) is 0 Å². The quantitative estimate of drug-likeness (QED) is 0.501. The second-order valence-corrected chi connectivity index (χ2v) is 6.59. The van der Waals surface area contributed by atoms with E-state index in [1.54, 1.807) is 0 Å². The summed E-state index contributed by atoms with van der Waals surface area (Å²) < 4.78 is 5.16. The smallest absolute Gasteiger partial charge is 0.223 e. The van der Waals surface area contributed by atoms with Crippen LogP contribution in [0, 0.1) is 11.8 Å². The van der Waals surface area contributed by atoms with Crippen molar-refractivity contribution in [2.45, 2.75) is 50.8 Å². The van der Waals surface area contributed by atoms with Crippen LogP contribution in [-0.4, -0.2) is 75.0 Å². The van der Waals surface area contributed by atoms with E-state index in [2.05, 4.69) is 13.8 Å². The zero-order valence-electron chi connectivity index (χ0n) is 12.5. The molecule has 0 aromatic heterocycles. The Morgan fingerprint density at radius 1 is 1.43 bits per heavy atom. The summed E-state index contributed by atoms with van der Waals surface area (Å²) in [5, 5.41) is 39.0. The molecule has 2 aliphatic heterocycles. The molecule has 0 aliphatic carbocycles. The molecule has 0 aromatic carbocycles. The van der Waals surface area contributed by atoms with Crippen LogP contribution in [0.3, 0.4) is 0 Å². The minimum Gasteiger partial charge on any atom is -0.394 e. The largest absolute Gasteiger partial charge is 0.394 e. The van der Waals surface area contributed by atoms with E-state index in [9.17, 15) is 20.1 Å². The normalized spacial score (nSPS) is 40.5. The first-order valence-corrected chi connectivity index (χ1v) is 7.41. The van der Waals surface area contributed by atoms with Crippen LogP contribution >= 0.6 is 0 Å². The van der Waals surface area contributed by atoms with Crippen molar-refractivity contribution < 1.29 is 30.0 Å². The van der Waals surface area contributed by atoms with Gasteiger partial charge in [0.1, 0.15) is 18.3 Å². The maximum absolute atomic E-state index is 12.0. The molecule has 0 bridgehead atoms. The fourth-order valence-corrected chi connectivity index (χ4v) is 3.25. The lowest BCUT2D eigenvalue weighted by molar-refractivity contribution is -0.237. The molecular weight excluding hydrogens is 278 g/mol. The van der Waals surface area contributed by atoms with Crippen molar-refractivity contribution in [1.82, 2.24) is 4.90 Å². The number of aliphatic hydroxyl groups excluding tert-OH is 3. The molecule has 5 unspecified atom stereocenters. The molecule has 2 fully saturated rings. The molecule has 2 rings (SSSR count). The van der Waals surface area contributed by atoms with Crippen molar-refractivity contribution in [3.63, 3.8) is 0 Å². The first-order valence-electron chi connectivity index (χ1n) is 7.41. The monoisotopic (exact) mass is 303 g/mol. The number of hydrogen-bond donors (Lipinski definition) is 4. The highest BCUT2D eigenvalue weighted by atomic mass is 16.7. The minimum atomic E-state index is -2.03. The molecule has 0 aromatic rings. The highest BCUT2D eigenvalue weighted by molar-refractivity contribution is 5.78. The minimum absolute atomic E-state index is 0.0909. The number of nitrogens with zero attached hydrogens (tertiary/aromatic N) is 1. The average Bonchev–Trinajstić information content (AvgIpc) is 2.82. The van der Waals surface area contributed by atoms with Gasteiger partial charge in [-0.25, -0.2) is 0 Å². The number of likely N-dealkylation sites (tertiary alicyclic amines) is 1. The van der Waals surface area contributed by atoms with E-state index in [0.29, 0.717) is 18.9 Å². The zero-order chi connectivity index (χ0) is 15.8. The number of ether oxygens (including phenoxy) is 1. The van der Waals surface area contributed by atoms with Crippen LogP contribution in [0.5, 0.6) is 0 Å². The standard InChI is InChI=1S/C14H25NO6/c1-8(2)3-9-4-11(17)15(5-9)7-14(20)13(19)12(18)10(6-16)21-14/h8-10,12-13,16,18-20H,3-7H2,1-2H3. The predicted octanol–water partition coefficient (Wildman–Crippen LogP) is -1.32. The second-order valence-electron chi connectivity index (χ2n) is 6.59. The summed E-state index contributed by atoms with van der Waals surface area (Å²) in [6.45, 7) is 3.98.